The Morgan fingerprint density at radius 3 is 2.68 bits per heavy atom. The van der Waals surface area contributed by atoms with Crippen molar-refractivity contribution >= 4 is 34.4 Å². The maximum atomic E-state index is 12.4. The molecule has 0 spiro atoms. The van der Waals surface area contributed by atoms with Crippen LogP contribution < -0.4 is 10.5 Å². The lowest BCUT2D eigenvalue weighted by atomic mass is 10.2. The molecule has 146 valence electrons. The zero-order valence-corrected chi connectivity index (χ0v) is 16.5. The monoisotopic (exact) mass is 400 g/mol. The number of H-pyrrole nitrogens is 1. The number of rotatable bonds is 5. The van der Waals surface area contributed by atoms with Crippen LogP contribution in [0.5, 0.6) is 11.5 Å². The first-order valence-electron chi connectivity index (χ1n) is 8.46. The summed E-state index contributed by atoms with van der Waals surface area (Å²) in [4.78, 5) is 22.7. The van der Waals surface area contributed by atoms with Gasteiger partial charge in [-0.3, -0.25) is 20.1 Å². The van der Waals surface area contributed by atoms with E-state index in [4.69, 9.17) is 27.5 Å². The van der Waals surface area contributed by atoms with E-state index in [0.29, 0.717) is 34.0 Å². The summed E-state index contributed by atoms with van der Waals surface area (Å²) in [6.45, 7) is 0.697. The molecule has 3 aromatic rings. The number of aromatic nitrogens is 2. The smallest absolute Gasteiger partial charge is 0.276 e. The van der Waals surface area contributed by atoms with Gasteiger partial charge in [-0.1, -0.05) is 11.6 Å². The number of benzene rings is 1. The van der Waals surface area contributed by atoms with Crippen molar-refractivity contribution in [2.45, 2.75) is 6.54 Å². The number of nitrogens with one attached hydrogen (secondary N) is 2. The van der Waals surface area contributed by atoms with Gasteiger partial charge in [-0.25, -0.2) is 0 Å². The predicted octanol–water partition coefficient (Wildman–Crippen LogP) is 3.04. The molecule has 1 amide bonds. The van der Waals surface area contributed by atoms with E-state index in [-0.39, 0.29) is 11.7 Å². The first-order chi connectivity index (χ1) is 13.2. The Balaban J connectivity index is 1.90. The Kier molecular flexibility index (Phi) is 5.53. The van der Waals surface area contributed by atoms with Crippen molar-refractivity contribution < 1.29 is 9.53 Å². The van der Waals surface area contributed by atoms with Gasteiger partial charge in [-0.05, 0) is 26.2 Å². The molecule has 28 heavy (non-hydrogen) atoms. The molecule has 1 aromatic carbocycles. The highest BCUT2D eigenvalue weighted by Gasteiger charge is 2.18. The number of carbonyl (C=O) groups excluding carboxylic acids is 1. The number of hydrogen-bond donors (Lipinski definition) is 3. The lowest BCUT2D eigenvalue weighted by molar-refractivity contribution is 0.0864. The molecular formula is C19H21ClN6O2. The number of nitrogens with two attached hydrogens (primary N) is 1. The molecule has 0 radical (unpaired) electrons. The van der Waals surface area contributed by atoms with Gasteiger partial charge in [0.2, 0.25) is 0 Å². The fourth-order valence-electron chi connectivity index (χ4n) is 2.70. The molecule has 0 atom stereocenters. The summed E-state index contributed by atoms with van der Waals surface area (Å²) >= 11 is 6.38. The van der Waals surface area contributed by atoms with Crippen LogP contribution in [0.25, 0.3) is 10.9 Å². The van der Waals surface area contributed by atoms with Crippen molar-refractivity contribution in [3.05, 3.63) is 52.9 Å². The van der Waals surface area contributed by atoms with Crippen LogP contribution in [-0.4, -0.2) is 52.8 Å². The largest absolute Gasteiger partial charge is 0.457 e. The molecule has 0 aliphatic carbocycles. The van der Waals surface area contributed by atoms with E-state index >= 15 is 0 Å². The van der Waals surface area contributed by atoms with Crippen LogP contribution >= 0.6 is 11.6 Å². The van der Waals surface area contributed by atoms with Gasteiger partial charge in [-0.15, -0.1) is 0 Å². The highest BCUT2D eigenvalue weighted by molar-refractivity contribution is 6.35. The molecule has 9 heteroatoms. The van der Waals surface area contributed by atoms with Gasteiger partial charge in [0.15, 0.2) is 5.96 Å². The maximum absolute atomic E-state index is 12.4. The van der Waals surface area contributed by atoms with Crippen molar-refractivity contribution in [2.75, 3.05) is 21.1 Å². The fourth-order valence-corrected chi connectivity index (χ4v) is 2.96. The molecule has 0 aliphatic rings. The Labute approximate surface area is 167 Å². The summed E-state index contributed by atoms with van der Waals surface area (Å²) < 4.78 is 5.93. The lowest BCUT2D eigenvalue weighted by Gasteiger charge is -2.12. The highest BCUT2D eigenvalue weighted by atomic mass is 35.5. The van der Waals surface area contributed by atoms with Crippen LogP contribution in [0, 0.1) is 5.41 Å². The highest BCUT2D eigenvalue weighted by Crippen LogP contribution is 2.32. The summed E-state index contributed by atoms with van der Waals surface area (Å²) in [7, 11) is 5.37. The van der Waals surface area contributed by atoms with E-state index in [2.05, 4.69) is 9.97 Å². The summed E-state index contributed by atoms with van der Waals surface area (Å²) in [5, 5.41) is 8.51. The van der Waals surface area contributed by atoms with E-state index in [9.17, 15) is 4.79 Å². The minimum Gasteiger partial charge on any atom is -0.457 e. The third kappa shape index (κ3) is 4.24. The van der Waals surface area contributed by atoms with Crippen LogP contribution in [0.15, 0.2) is 36.5 Å². The lowest BCUT2D eigenvalue weighted by Crippen LogP contribution is -2.38. The minimum atomic E-state index is -0.426. The third-order valence-electron chi connectivity index (χ3n) is 4.06. The molecule has 2 aromatic heterocycles. The molecule has 0 aliphatic heterocycles. The number of halogens is 1. The number of guanidine groups is 1. The van der Waals surface area contributed by atoms with Crippen molar-refractivity contribution in [3.63, 3.8) is 0 Å². The normalized spacial score (nSPS) is 11.0. The summed E-state index contributed by atoms with van der Waals surface area (Å²) in [5.74, 6) is 0.399. The number of hydrogen-bond acceptors (Lipinski definition) is 5. The van der Waals surface area contributed by atoms with Gasteiger partial charge < -0.3 is 20.4 Å². The second-order valence-electron chi connectivity index (χ2n) is 6.62. The maximum Gasteiger partial charge on any atom is 0.276 e. The van der Waals surface area contributed by atoms with E-state index < -0.39 is 5.91 Å². The van der Waals surface area contributed by atoms with Crippen molar-refractivity contribution in [1.29, 1.82) is 5.41 Å². The van der Waals surface area contributed by atoms with Gasteiger partial charge in [-0.2, -0.15) is 0 Å². The van der Waals surface area contributed by atoms with Crippen LogP contribution in [0.3, 0.4) is 0 Å². The van der Waals surface area contributed by atoms with Gasteiger partial charge >= 0.3 is 0 Å². The first-order valence-corrected chi connectivity index (χ1v) is 8.84. The molecule has 0 saturated carbocycles. The molecule has 2 heterocycles. The number of nitrogens with zero attached hydrogens (tertiary/aromatic N) is 3. The van der Waals surface area contributed by atoms with Crippen LogP contribution in [0.2, 0.25) is 5.02 Å². The topological polar surface area (TPSA) is 111 Å². The Morgan fingerprint density at radius 1 is 1.25 bits per heavy atom. The zero-order valence-electron chi connectivity index (χ0n) is 15.8. The van der Waals surface area contributed by atoms with Gasteiger partial charge in [0.25, 0.3) is 5.91 Å². The summed E-state index contributed by atoms with van der Waals surface area (Å²) in [6, 6.07) is 8.71. The number of aromatic amines is 1. The van der Waals surface area contributed by atoms with Crippen molar-refractivity contribution in [3.8, 4) is 11.5 Å². The predicted molar refractivity (Wildman–Crippen MR) is 109 cm³/mol. The van der Waals surface area contributed by atoms with E-state index in [0.717, 1.165) is 10.6 Å². The third-order valence-corrected chi connectivity index (χ3v) is 4.37. The number of carbonyl (C=O) groups is 1. The summed E-state index contributed by atoms with van der Waals surface area (Å²) in [6.07, 6.45) is 1.69. The zero-order chi connectivity index (χ0) is 20.4. The number of amides is 1. The molecule has 3 rings (SSSR count). The Bertz CT molecular complexity index is 1050. The van der Waals surface area contributed by atoms with Crippen LogP contribution in [0.1, 0.15) is 16.2 Å². The standard InChI is InChI=1S/C19H21ClN6O2/c1-25(2)10-11-6-12(4-5-23-11)28-13-7-15(20)14-9-17(24-16(14)8-13)18(27)26(3)19(21)22/h4-9,24H,10H2,1-3H3,(H3,21,22). The molecule has 0 bridgehead atoms. The quantitative estimate of drug-likeness (QED) is 0.450. The number of fused-ring (bicyclic) bond motifs is 1. The second-order valence-corrected chi connectivity index (χ2v) is 7.03. The first kappa shape index (κ1) is 19.7. The summed E-state index contributed by atoms with van der Waals surface area (Å²) in [5.41, 5.74) is 7.18. The minimum absolute atomic E-state index is 0.281. The van der Waals surface area contributed by atoms with Gasteiger partial charge in [0.05, 0.1) is 16.2 Å². The van der Waals surface area contributed by atoms with E-state index in [1.54, 1.807) is 30.5 Å². The van der Waals surface area contributed by atoms with Gasteiger partial charge in [0, 0.05) is 43.4 Å². The average Bonchev–Trinajstić information content (AvgIpc) is 3.04. The van der Waals surface area contributed by atoms with E-state index in [1.165, 1.54) is 7.05 Å². The molecular weight excluding hydrogens is 380 g/mol. The Morgan fingerprint density at radius 2 is 2.00 bits per heavy atom. The molecule has 8 nitrogen and oxygen atoms in total. The number of ether oxygens (including phenoxy) is 1. The Hall–Kier alpha value is -3.10. The SMILES string of the molecule is CN(C)Cc1cc(Oc2cc(Cl)c3cc(C(=O)N(C)C(=N)N)[nH]c3c2)ccn1. The van der Waals surface area contributed by atoms with Crippen LogP contribution in [-0.2, 0) is 6.54 Å². The number of pyridine rings is 1. The fraction of sp³-hybridized carbons (Fsp3) is 0.211. The van der Waals surface area contributed by atoms with Crippen molar-refractivity contribution in [2.24, 2.45) is 5.73 Å². The molecule has 0 unspecified atom stereocenters. The van der Waals surface area contributed by atoms with Crippen LogP contribution in [0.4, 0.5) is 0 Å². The molecule has 0 saturated heterocycles. The average molecular weight is 401 g/mol. The molecule has 4 N–H and O–H groups in total. The van der Waals surface area contributed by atoms with Crippen molar-refractivity contribution in [1.82, 2.24) is 19.8 Å². The molecule has 0 fully saturated rings. The van der Waals surface area contributed by atoms with E-state index in [1.807, 2.05) is 25.1 Å². The van der Waals surface area contributed by atoms with Gasteiger partial charge in [0.1, 0.15) is 17.2 Å². The second kappa shape index (κ2) is 7.87.